The Bertz CT molecular complexity index is 739. The van der Waals surface area contributed by atoms with Crippen LogP contribution in [0, 0.1) is 0 Å². The molecule has 3 aromatic heterocycles. The molecule has 3 rings (SSSR count). The maximum absolute atomic E-state index is 5.25. The van der Waals surface area contributed by atoms with E-state index in [0.29, 0.717) is 30.4 Å². The average molecular weight is 301 g/mol. The van der Waals surface area contributed by atoms with Crippen molar-refractivity contribution in [1.29, 1.82) is 0 Å². The normalized spacial score (nSPS) is 10.6. The van der Waals surface area contributed by atoms with Crippen LogP contribution in [0.4, 0.5) is 0 Å². The Morgan fingerprint density at radius 2 is 2.18 bits per heavy atom. The van der Waals surface area contributed by atoms with Gasteiger partial charge in [-0.25, -0.2) is 4.98 Å². The molecular weight excluding hydrogens is 286 g/mol. The highest BCUT2D eigenvalue weighted by Gasteiger charge is 2.10. The van der Waals surface area contributed by atoms with Crippen LogP contribution in [-0.4, -0.2) is 49.6 Å². The van der Waals surface area contributed by atoms with E-state index in [2.05, 4.69) is 30.7 Å². The van der Waals surface area contributed by atoms with Crippen molar-refractivity contribution in [2.75, 3.05) is 14.2 Å². The Labute approximate surface area is 126 Å². The highest BCUT2D eigenvalue weighted by molar-refractivity contribution is 5.61. The van der Waals surface area contributed by atoms with Crippen LogP contribution in [0.3, 0.4) is 0 Å². The molecule has 0 amide bonds. The number of H-pyrrole nitrogens is 1. The Morgan fingerprint density at radius 3 is 2.91 bits per heavy atom. The molecule has 0 aromatic carbocycles. The van der Waals surface area contributed by atoms with Gasteiger partial charge < -0.3 is 9.47 Å². The van der Waals surface area contributed by atoms with Crippen molar-refractivity contribution < 1.29 is 9.47 Å². The lowest BCUT2D eigenvalue weighted by atomic mass is 10.2. The van der Waals surface area contributed by atoms with Crippen LogP contribution >= 0.6 is 0 Å². The maximum atomic E-state index is 5.25. The summed E-state index contributed by atoms with van der Waals surface area (Å²) >= 11 is 0. The van der Waals surface area contributed by atoms with E-state index < -0.39 is 0 Å². The third-order valence-electron chi connectivity index (χ3n) is 3.12. The van der Waals surface area contributed by atoms with Crippen LogP contribution in [0.1, 0.15) is 5.82 Å². The first kappa shape index (κ1) is 14.0. The molecule has 9 heteroatoms. The summed E-state index contributed by atoms with van der Waals surface area (Å²) in [5.41, 5.74) is 1.66. The van der Waals surface area contributed by atoms with Crippen LogP contribution in [-0.2, 0) is 13.0 Å². The number of aryl methyl sites for hydroxylation is 2. The van der Waals surface area contributed by atoms with Crippen LogP contribution in [0.2, 0.25) is 0 Å². The average Bonchev–Trinajstić information content (AvgIpc) is 3.23. The number of ether oxygens (including phenoxy) is 2. The van der Waals surface area contributed by atoms with Crippen LogP contribution < -0.4 is 9.47 Å². The second kappa shape index (κ2) is 6.20. The lowest BCUT2D eigenvalue weighted by Crippen LogP contribution is -2.03. The molecular formula is C13H15N7O2. The first-order chi connectivity index (χ1) is 10.8. The van der Waals surface area contributed by atoms with Gasteiger partial charge in [-0.1, -0.05) is 5.21 Å². The Morgan fingerprint density at radius 1 is 1.27 bits per heavy atom. The molecule has 114 valence electrons. The zero-order valence-corrected chi connectivity index (χ0v) is 12.2. The standard InChI is InChI=1S/C13H15N7O2/c1-21-11-7-9(8-14-13(11)22-2)10-3-5-20(17-10)6-4-12-15-18-19-16-12/h3,5,7-8H,4,6H2,1-2H3,(H,15,16,18,19). The largest absolute Gasteiger partial charge is 0.491 e. The van der Waals surface area contributed by atoms with E-state index in [1.165, 1.54) is 0 Å². The molecule has 0 aliphatic heterocycles. The number of rotatable bonds is 6. The van der Waals surface area contributed by atoms with Gasteiger partial charge in [-0.05, 0) is 12.1 Å². The molecule has 1 N–H and O–H groups in total. The van der Waals surface area contributed by atoms with Gasteiger partial charge in [0.25, 0.3) is 5.88 Å². The van der Waals surface area contributed by atoms with Gasteiger partial charge in [-0.3, -0.25) is 4.68 Å². The number of nitrogens with one attached hydrogen (secondary N) is 1. The first-order valence-electron chi connectivity index (χ1n) is 6.64. The fourth-order valence-corrected chi connectivity index (χ4v) is 2.01. The van der Waals surface area contributed by atoms with Gasteiger partial charge in [0.2, 0.25) is 0 Å². The highest BCUT2D eigenvalue weighted by atomic mass is 16.5. The van der Waals surface area contributed by atoms with Gasteiger partial charge in [0.1, 0.15) is 0 Å². The van der Waals surface area contributed by atoms with Crippen molar-refractivity contribution in [3.8, 4) is 22.9 Å². The molecule has 3 heterocycles. The third-order valence-corrected chi connectivity index (χ3v) is 3.12. The summed E-state index contributed by atoms with van der Waals surface area (Å²) in [4.78, 5) is 4.21. The molecule has 9 nitrogen and oxygen atoms in total. The minimum Gasteiger partial charge on any atom is -0.491 e. The second-order valence-electron chi connectivity index (χ2n) is 4.48. The Kier molecular flexibility index (Phi) is 3.95. The first-order valence-corrected chi connectivity index (χ1v) is 6.64. The Hall–Kier alpha value is -2.97. The van der Waals surface area contributed by atoms with Crippen molar-refractivity contribution in [1.82, 2.24) is 35.4 Å². The second-order valence-corrected chi connectivity index (χ2v) is 4.48. The van der Waals surface area contributed by atoms with Crippen molar-refractivity contribution in [2.24, 2.45) is 0 Å². The topological polar surface area (TPSA) is 104 Å². The van der Waals surface area contributed by atoms with Crippen molar-refractivity contribution in [2.45, 2.75) is 13.0 Å². The van der Waals surface area contributed by atoms with E-state index in [1.807, 2.05) is 23.0 Å². The van der Waals surface area contributed by atoms with Gasteiger partial charge in [0.05, 0.1) is 19.9 Å². The van der Waals surface area contributed by atoms with Crippen LogP contribution in [0.25, 0.3) is 11.3 Å². The summed E-state index contributed by atoms with van der Waals surface area (Å²) < 4.78 is 12.2. The quantitative estimate of drug-likeness (QED) is 0.715. The number of methoxy groups -OCH3 is 2. The van der Waals surface area contributed by atoms with E-state index in [-0.39, 0.29) is 0 Å². The highest BCUT2D eigenvalue weighted by Crippen LogP contribution is 2.28. The van der Waals surface area contributed by atoms with Gasteiger partial charge >= 0.3 is 0 Å². The fourth-order valence-electron chi connectivity index (χ4n) is 2.01. The van der Waals surface area contributed by atoms with E-state index in [4.69, 9.17) is 9.47 Å². The Balaban J connectivity index is 1.75. The van der Waals surface area contributed by atoms with E-state index in [0.717, 1.165) is 11.3 Å². The zero-order valence-electron chi connectivity index (χ0n) is 12.2. The fraction of sp³-hybridized carbons (Fsp3) is 0.308. The molecule has 0 fully saturated rings. The summed E-state index contributed by atoms with van der Waals surface area (Å²) in [5.74, 6) is 1.67. The van der Waals surface area contributed by atoms with Crippen molar-refractivity contribution in [3.05, 3.63) is 30.4 Å². The number of pyridine rings is 1. The number of aromatic amines is 1. The maximum Gasteiger partial charge on any atom is 0.256 e. The smallest absolute Gasteiger partial charge is 0.256 e. The summed E-state index contributed by atoms with van der Waals surface area (Å²) in [6.07, 6.45) is 4.25. The monoisotopic (exact) mass is 301 g/mol. The molecule has 3 aromatic rings. The van der Waals surface area contributed by atoms with Crippen LogP contribution in [0.15, 0.2) is 24.5 Å². The molecule has 0 unspecified atom stereocenters. The molecule has 0 saturated carbocycles. The third kappa shape index (κ3) is 2.87. The molecule has 0 spiro atoms. The molecule has 0 saturated heterocycles. The van der Waals surface area contributed by atoms with Gasteiger partial charge in [0.15, 0.2) is 11.6 Å². The molecule has 0 bridgehead atoms. The zero-order chi connectivity index (χ0) is 15.4. The van der Waals surface area contributed by atoms with Crippen molar-refractivity contribution >= 4 is 0 Å². The number of aromatic nitrogens is 7. The van der Waals surface area contributed by atoms with Crippen LogP contribution in [0.5, 0.6) is 11.6 Å². The minimum absolute atomic E-state index is 0.447. The molecule has 0 radical (unpaired) electrons. The van der Waals surface area contributed by atoms with E-state index in [9.17, 15) is 0 Å². The number of hydrogen-bond donors (Lipinski definition) is 1. The molecule has 0 aliphatic carbocycles. The van der Waals surface area contributed by atoms with Gasteiger partial charge in [-0.15, -0.1) is 10.2 Å². The van der Waals surface area contributed by atoms with Gasteiger partial charge in [-0.2, -0.15) is 10.3 Å². The predicted octanol–water partition coefficient (Wildman–Crippen LogP) is 0.718. The molecule has 0 atom stereocenters. The predicted molar refractivity (Wildman–Crippen MR) is 76.4 cm³/mol. The van der Waals surface area contributed by atoms with Crippen molar-refractivity contribution in [3.63, 3.8) is 0 Å². The lowest BCUT2D eigenvalue weighted by molar-refractivity contribution is 0.343. The lowest BCUT2D eigenvalue weighted by Gasteiger charge is -2.07. The molecule has 0 aliphatic rings. The van der Waals surface area contributed by atoms with E-state index in [1.54, 1.807) is 20.4 Å². The summed E-state index contributed by atoms with van der Waals surface area (Å²) in [7, 11) is 3.13. The van der Waals surface area contributed by atoms with E-state index >= 15 is 0 Å². The summed E-state index contributed by atoms with van der Waals surface area (Å²) in [6, 6.07) is 3.76. The number of tetrazole rings is 1. The number of nitrogens with zero attached hydrogens (tertiary/aromatic N) is 6. The SMILES string of the molecule is COc1cc(-c2ccn(CCc3nn[nH]n3)n2)cnc1OC. The summed E-state index contributed by atoms with van der Waals surface area (Å²) in [5, 5.41) is 18.3. The minimum atomic E-state index is 0.447. The summed E-state index contributed by atoms with van der Waals surface area (Å²) in [6.45, 7) is 0.667. The van der Waals surface area contributed by atoms with Gasteiger partial charge in [0, 0.05) is 30.9 Å². The number of hydrogen-bond acceptors (Lipinski definition) is 7. The molecule has 22 heavy (non-hydrogen) atoms.